The molecule has 1 aromatic rings. The van der Waals surface area contributed by atoms with E-state index < -0.39 is 0 Å². The summed E-state index contributed by atoms with van der Waals surface area (Å²) in [6, 6.07) is 9.05. The van der Waals surface area contributed by atoms with E-state index in [1.165, 1.54) is 49.7 Å². The van der Waals surface area contributed by atoms with Gasteiger partial charge in [0, 0.05) is 0 Å². The molecule has 0 bridgehead atoms. The highest BCUT2D eigenvalue weighted by Crippen LogP contribution is 2.39. The Bertz CT molecular complexity index is 385. The molecule has 1 saturated carbocycles. The average Bonchev–Trinajstić information content (AvgIpc) is 2.47. The highest BCUT2D eigenvalue weighted by atomic mass is 35.5. The van der Waals surface area contributed by atoms with Crippen molar-refractivity contribution in [2.24, 2.45) is 5.92 Å². The maximum atomic E-state index is 6.69. The van der Waals surface area contributed by atoms with Crippen molar-refractivity contribution in [2.45, 2.75) is 70.1 Å². The predicted molar refractivity (Wildman–Crippen MR) is 84.9 cm³/mol. The minimum Gasteiger partial charge on any atom is -0.118 e. The predicted octanol–water partition coefficient (Wildman–Crippen LogP) is 6.23. The van der Waals surface area contributed by atoms with Crippen LogP contribution in [0.25, 0.3) is 0 Å². The van der Waals surface area contributed by atoms with E-state index in [1.807, 2.05) is 0 Å². The molecular weight excluding hydrogens is 252 g/mol. The van der Waals surface area contributed by atoms with Crippen molar-refractivity contribution in [2.75, 3.05) is 0 Å². The second-order valence-corrected chi connectivity index (χ2v) is 7.13. The Morgan fingerprint density at radius 2 is 1.68 bits per heavy atom. The largest absolute Gasteiger partial charge is 0.118 e. The Morgan fingerprint density at radius 1 is 1.11 bits per heavy atom. The third-order valence-corrected chi connectivity index (χ3v) is 5.57. The zero-order valence-corrected chi connectivity index (χ0v) is 13.3. The molecule has 1 aromatic carbocycles. The van der Waals surface area contributed by atoms with E-state index in [0.29, 0.717) is 5.92 Å². The molecule has 1 aliphatic rings. The number of alkyl halides is 1. The normalized spacial score (nSPS) is 19.4. The molecule has 19 heavy (non-hydrogen) atoms. The summed E-state index contributed by atoms with van der Waals surface area (Å²) in [6.07, 6.45) is 7.87. The van der Waals surface area contributed by atoms with Crippen molar-refractivity contribution in [3.8, 4) is 0 Å². The molecule has 0 amide bonds. The summed E-state index contributed by atoms with van der Waals surface area (Å²) in [5, 5.41) is 0.207. The van der Waals surface area contributed by atoms with Crippen LogP contribution in [0.5, 0.6) is 0 Å². The molecule has 1 atom stereocenters. The van der Waals surface area contributed by atoms with E-state index in [2.05, 4.69) is 45.0 Å². The Hall–Kier alpha value is -0.490. The lowest BCUT2D eigenvalue weighted by Crippen LogP contribution is -2.16. The number of hydrogen-bond donors (Lipinski definition) is 0. The van der Waals surface area contributed by atoms with Gasteiger partial charge in [-0.15, -0.1) is 11.6 Å². The maximum absolute atomic E-state index is 6.69. The van der Waals surface area contributed by atoms with E-state index in [4.69, 9.17) is 11.6 Å². The lowest BCUT2D eigenvalue weighted by atomic mass is 9.80. The van der Waals surface area contributed by atoms with E-state index >= 15 is 0 Å². The smallest absolute Gasteiger partial charge is 0.0613 e. The van der Waals surface area contributed by atoms with Gasteiger partial charge in [0.05, 0.1) is 5.38 Å². The van der Waals surface area contributed by atoms with Crippen molar-refractivity contribution in [1.29, 1.82) is 0 Å². The fraction of sp³-hybridized carbons (Fsp3) is 0.667. The number of halogens is 1. The Balaban J connectivity index is 2.09. The molecule has 0 heterocycles. The van der Waals surface area contributed by atoms with Crippen LogP contribution in [-0.4, -0.2) is 0 Å². The summed E-state index contributed by atoms with van der Waals surface area (Å²) in [7, 11) is 0. The van der Waals surface area contributed by atoms with Crippen molar-refractivity contribution >= 4 is 11.6 Å². The van der Waals surface area contributed by atoms with E-state index in [0.717, 1.165) is 0 Å². The van der Waals surface area contributed by atoms with Gasteiger partial charge in [0.25, 0.3) is 0 Å². The van der Waals surface area contributed by atoms with Crippen LogP contribution < -0.4 is 0 Å². The molecule has 1 fully saturated rings. The van der Waals surface area contributed by atoms with Gasteiger partial charge < -0.3 is 0 Å². The van der Waals surface area contributed by atoms with Gasteiger partial charge >= 0.3 is 0 Å². The van der Waals surface area contributed by atoms with Gasteiger partial charge in [0.1, 0.15) is 0 Å². The zero-order valence-electron chi connectivity index (χ0n) is 12.6. The molecule has 0 N–H and O–H groups in total. The lowest BCUT2D eigenvalue weighted by Gasteiger charge is -2.27. The molecule has 2 rings (SSSR count). The molecular formula is C18H27Cl. The van der Waals surface area contributed by atoms with Crippen molar-refractivity contribution in [3.05, 3.63) is 35.4 Å². The van der Waals surface area contributed by atoms with Gasteiger partial charge in [-0.25, -0.2) is 0 Å². The van der Waals surface area contributed by atoms with Crippen LogP contribution >= 0.6 is 11.6 Å². The average molecular weight is 279 g/mol. The number of rotatable bonds is 4. The SMILES string of the molecule is CCC(C)(C)c1ccc(C(Cl)C2CCCCC2)cc1. The molecule has 1 unspecified atom stereocenters. The fourth-order valence-electron chi connectivity index (χ4n) is 3.02. The topological polar surface area (TPSA) is 0 Å². The van der Waals surface area contributed by atoms with E-state index in [9.17, 15) is 0 Å². The summed E-state index contributed by atoms with van der Waals surface area (Å²) in [6.45, 7) is 6.86. The summed E-state index contributed by atoms with van der Waals surface area (Å²) in [5.74, 6) is 0.681. The quantitative estimate of drug-likeness (QED) is 0.572. The first-order chi connectivity index (χ1) is 9.04. The van der Waals surface area contributed by atoms with Gasteiger partial charge in [0.2, 0.25) is 0 Å². The van der Waals surface area contributed by atoms with Crippen LogP contribution in [0.1, 0.15) is 75.8 Å². The van der Waals surface area contributed by atoms with Crippen molar-refractivity contribution in [1.82, 2.24) is 0 Å². The van der Waals surface area contributed by atoms with Crippen LogP contribution in [0.2, 0.25) is 0 Å². The maximum Gasteiger partial charge on any atom is 0.0613 e. The zero-order chi connectivity index (χ0) is 13.9. The van der Waals surface area contributed by atoms with Crippen molar-refractivity contribution < 1.29 is 0 Å². The Labute approximate surface area is 123 Å². The van der Waals surface area contributed by atoms with Crippen LogP contribution in [0.4, 0.5) is 0 Å². The standard InChI is InChI=1S/C18H27Cl/c1-4-18(2,3)16-12-10-15(11-13-16)17(19)14-8-6-5-7-9-14/h10-14,17H,4-9H2,1-3H3. The molecule has 0 radical (unpaired) electrons. The summed E-state index contributed by atoms with van der Waals surface area (Å²) < 4.78 is 0. The third kappa shape index (κ3) is 3.54. The van der Waals surface area contributed by atoms with Crippen LogP contribution in [0, 0.1) is 5.92 Å². The molecule has 0 aliphatic heterocycles. The Kier molecular flexibility index (Phi) is 4.95. The highest BCUT2D eigenvalue weighted by molar-refractivity contribution is 6.21. The highest BCUT2D eigenvalue weighted by Gasteiger charge is 2.24. The van der Waals surface area contributed by atoms with E-state index in [-0.39, 0.29) is 10.8 Å². The van der Waals surface area contributed by atoms with Crippen molar-refractivity contribution in [3.63, 3.8) is 0 Å². The van der Waals surface area contributed by atoms with E-state index in [1.54, 1.807) is 0 Å². The second kappa shape index (κ2) is 6.31. The molecule has 0 saturated heterocycles. The van der Waals surface area contributed by atoms with Crippen LogP contribution in [0.15, 0.2) is 24.3 Å². The number of benzene rings is 1. The summed E-state index contributed by atoms with van der Waals surface area (Å²) in [5.41, 5.74) is 3.00. The first kappa shape index (κ1) is 14.9. The second-order valence-electron chi connectivity index (χ2n) is 6.66. The molecule has 0 spiro atoms. The fourth-order valence-corrected chi connectivity index (χ4v) is 3.42. The first-order valence-corrected chi connectivity index (χ1v) is 8.23. The van der Waals surface area contributed by atoms with Gasteiger partial charge in [0.15, 0.2) is 0 Å². The third-order valence-electron chi connectivity index (χ3n) is 4.96. The van der Waals surface area contributed by atoms with Gasteiger partial charge in [-0.1, -0.05) is 64.3 Å². The van der Waals surface area contributed by atoms with Gasteiger partial charge in [-0.3, -0.25) is 0 Å². The number of hydrogen-bond acceptors (Lipinski definition) is 0. The monoisotopic (exact) mass is 278 g/mol. The minimum absolute atomic E-state index is 0.207. The molecule has 1 aliphatic carbocycles. The molecule has 0 aromatic heterocycles. The molecule has 106 valence electrons. The van der Waals surface area contributed by atoms with Gasteiger partial charge in [-0.05, 0) is 41.7 Å². The lowest BCUT2D eigenvalue weighted by molar-refractivity contribution is 0.348. The Morgan fingerprint density at radius 3 is 2.21 bits per heavy atom. The summed E-state index contributed by atoms with van der Waals surface area (Å²) >= 11 is 6.69. The van der Waals surface area contributed by atoms with Crippen LogP contribution in [-0.2, 0) is 5.41 Å². The first-order valence-electron chi connectivity index (χ1n) is 7.79. The molecule has 1 heteroatoms. The minimum atomic E-state index is 0.207. The van der Waals surface area contributed by atoms with Gasteiger partial charge in [-0.2, -0.15) is 0 Å². The van der Waals surface area contributed by atoms with Crippen LogP contribution in [0.3, 0.4) is 0 Å². The molecule has 0 nitrogen and oxygen atoms in total. The summed E-state index contributed by atoms with van der Waals surface area (Å²) in [4.78, 5) is 0.